The maximum Gasteiger partial charge on any atom is 0.217 e. The number of aliphatic hydroxyl groups is 1. The molecule has 2 aliphatic heterocycles. The summed E-state index contributed by atoms with van der Waals surface area (Å²) in [5.41, 5.74) is 6.63. The van der Waals surface area contributed by atoms with Gasteiger partial charge in [0.25, 0.3) is 0 Å². The van der Waals surface area contributed by atoms with E-state index in [0.717, 1.165) is 18.6 Å². The summed E-state index contributed by atoms with van der Waals surface area (Å²) in [6.45, 7) is 2.31. The Bertz CT molecular complexity index is 549. The molecule has 0 atom stereocenters. The maximum absolute atomic E-state index is 13.9. The molecule has 0 aliphatic carbocycles. The van der Waals surface area contributed by atoms with Crippen molar-refractivity contribution in [2.45, 2.75) is 18.3 Å². The Morgan fingerprint density at radius 2 is 2.00 bits per heavy atom. The first-order valence-corrected chi connectivity index (χ1v) is 10.8. The smallest absolute Gasteiger partial charge is 0.217 e. The first-order valence-electron chi connectivity index (χ1n) is 7.76. The molecule has 136 valence electrons. The number of fused-ring (bicyclic) bond motifs is 2. The normalized spacial score (nSPS) is 18.7. The Kier molecular flexibility index (Phi) is 8.35. The van der Waals surface area contributed by atoms with Crippen molar-refractivity contribution in [2.24, 2.45) is 0 Å². The molecule has 3 N–H and O–H groups in total. The molecule has 2 aliphatic rings. The third kappa shape index (κ3) is 5.50. The number of hydrogen-bond acceptors (Lipinski definition) is 4. The van der Waals surface area contributed by atoms with E-state index < -0.39 is 16.0 Å². The van der Waals surface area contributed by atoms with Crippen LogP contribution in [0.15, 0.2) is 6.07 Å². The van der Waals surface area contributed by atoms with Crippen molar-refractivity contribution in [1.82, 2.24) is 4.98 Å². The van der Waals surface area contributed by atoms with Gasteiger partial charge in [0.1, 0.15) is 5.82 Å². The number of aliphatic hydroxyl groups excluding tert-OH is 1. The Morgan fingerprint density at radius 1 is 1.38 bits per heavy atom. The molecule has 0 saturated carbocycles. The van der Waals surface area contributed by atoms with Gasteiger partial charge in [0, 0.05) is 44.3 Å². The van der Waals surface area contributed by atoms with Gasteiger partial charge in [-0.2, -0.15) is 4.39 Å². The Labute approximate surface area is 169 Å². The third-order valence-electron chi connectivity index (χ3n) is 4.21. The van der Waals surface area contributed by atoms with Gasteiger partial charge in [-0.25, -0.2) is 15.0 Å². The number of ether oxygens (including phenoxy) is 1. The van der Waals surface area contributed by atoms with E-state index in [1.807, 2.05) is 0 Å². The van der Waals surface area contributed by atoms with Crippen LogP contribution in [-0.2, 0) is 10.2 Å². The standard InChI is InChI=1S/C11H13FN3O.C5H14OS.U/c12-10-9-7(5-8(13)15-10)14-6-11(9)1-3-16-4-2-11;1-7(2,3)5-4-6;/h5H,1-4,6H2,(H2,13,15);6H,4-5H2,1-3H3;/q-1;;. The molecular formula is C16H27FN3O2SU-. The van der Waals surface area contributed by atoms with Crippen molar-refractivity contribution in [3.63, 3.8) is 0 Å². The molecule has 24 heavy (non-hydrogen) atoms. The predicted octanol–water partition coefficient (Wildman–Crippen LogP) is 2.54. The van der Waals surface area contributed by atoms with Crippen molar-refractivity contribution in [1.29, 1.82) is 0 Å². The van der Waals surface area contributed by atoms with E-state index in [1.165, 1.54) is 0 Å². The van der Waals surface area contributed by atoms with Crippen LogP contribution in [0.4, 0.5) is 15.9 Å². The molecule has 0 radical (unpaired) electrons. The number of nitrogen functional groups attached to an aromatic ring is 1. The molecule has 5 nitrogen and oxygen atoms in total. The molecule has 1 fully saturated rings. The van der Waals surface area contributed by atoms with E-state index in [2.05, 4.69) is 29.1 Å². The van der Waals surface area contributed by atoms with Crippen LogP contribution in [0.1, 0.15) is 18.4 Å². The van der Waals surface area contributed by atoms with Crippen LogP contribution in [0.3, 0.4) is 0 Å². The molecule has 1 aromatic heterocycles. The number of rotatable bonds is 2. The quantitative estimate of drug-likeness (QED) is 0.526. The van der Waals surface area contributed by atoms with E-state index >= 15 is 0 Å². The molecule has 0 amide bonds. The minimum atomic E-state index is -0.460. The van der Waals surface area contributed by atoms with E-state index in [4.69, 9.17) is 15.6 Å². The van der Waals surface area contributed by atoms with Crippen LogP contribution in [0.5, 0.6) is 0 Å². The third-order valence-corrected chi connectivity index (χ3v) is 5.62. The van der Waals surface area contributed by atoms with E-state index in [1.54, 1.807) is 6.07 Å². The number of halogens is 1. The van der Waals surface area contributed by atoms with Crippen molar-refractivity contribution >= 4 is 21.5 Å². The second-order valence-corrected chi connectivity index (χ2v) is 11.5. The second-order valence-electron chi connectivity index (χ2n) is 6.96. The van der Waals surface area contributed by atoms with Gasteiger partial charge in [-0.15, -0.1) is 12.2 Å². The number of aromatic nitrogens is 1. The fourth-order valence-electron chi connectivity index (χ4n) is 2.89. The predicted molar refractivity (Wildman–Crippen MR) is 95.5 cm³/mol. The van der Waals surface area contributed by atoms with Gasteiger partial charge in [-0.1, -0.05) is 0 Å². The summed E-state index contributed by atoms with van der Waals surface area (Å²) in [6, 6.07) is 1.66. The summed E-state index contributed by atoms with van der Waals surface area (Å²) in [7, 11) is -0.424. The molecule has 0 aromatic carbocycles. The van der Waals surface area contributed by atoms with Crippen LogP contribution < -0.4 is 5.73 Å². The molecule has 3 heterocycles. The Balaban J connectivity index is 0.000000312. The van der Waals surface area contributed by atoms with Gasteiger partial charge in [0.2, 0.25) is 5.95 Å². The molecular weight excluding hydrogens is 555 g/mol. The van der Waals surface area contributed by atoms with Gasteiger partial charge in [-0.05, 0) is 54.4 Å². The molecule has 0 bridgehead atoms. The van der Waals surface area contributed by atoms with Crippen molar-refractivity contribution < 1.29 is 45.3 Å². The molecule has 8 heteroatoms. The van der Waals surface area contributed by atoms with Crippen molar-refractivity contribution in [3.05, 3.63) is 22.9 Å². The summed E-state index contributed by atoms with van der Waals surface area (Å²) in [4.78, 5) is 3.71. The van der Waals surface area contributed by atoms with Crippen LogP contribution in [0, 0.1) is 37.1 Å². The van der Waals surface area contributed by atoms with Gasteiger partial charge >= 0.3 is 0 Å². The first kappa shape index (κ1) is 22.0. The zero-order valence-corrected chi connectivity index (χ0v) is 19.6. The first-order chi connectivity index (χ1) is 10.8. The Morgan fingerprint density at radius 3 is 2.50 bits per heavy atom. The number of nitrogens with zero attached hydrogens (tertiary/aromatic N) is 2. The molecule has 0 unspecified atom stereocenters. The summed E-state index contributed by atoms with van der Waals surface area (Å²) in [5.74, 6) is 0.717. The summed E-state index contributed by atoms with van der Waals surface area (Å²) in [5, 5.41) is 12.8. The van der Waals surface area contributed by atoms with E-state index in [0.29, 0.717) is 37.6 Å². The average Bonchev–Trinajstić information content (AvgIpc) is 2.77. The number of nitrogens with two attached hydrogens (primary N) is 1. The Hall–Kier alpha value is 0.00195. The molecule has 1 spiro atoms. The fraction of sp³-hybridized carbons (Fsp3) is 0.688. The molecule has 3 rings (SSSR count). The summed E-state index contributed by atoms with van der Waals surface area (Å²) < 4.78 is 19.2. The van der Waals surface area contributed by atoms with E-state index in [-0.39, 0.29) is 42.3 Å². The monoisotopic (exact) mass is 582 g/mol. The number of hydrogen-bond donors (Lipinski definition) is 2. The van der Waals surface area contributed by atoms with Crippen molar-refractivity contribution in [2.75, 3.05) is 56.6 Å². The van der Waals surface area contributed by atoms with E-state index in [9.17, 15) is 4.39 Å². The largest absolute Gasteiger partial charge is 0.683 e. The number of pyridine rings is 1. The maximum atomic E-state index is 13.9. The van der Waals surface area contributed by atoms with Crippen LogP contribution in [0.2, 0.25) is 0 Å². The van der Waals surface area contributed by atoms with Crippen LogP contribution in [-0.4, -0.2) is 61.0 Å². The summed E-state index contributed by atoms with van der Waals surface area (Å²) >= 11 is 0. The summed E-state index contributed by atoms with van der Waals surface area (Å²) in [6.07, 6.45) is 8.22. The van der Waals surface area contributed by atoms with Gasteiger partial charge < -0.3 is 20.9 Å². The molecule has 1 aromatic rings. The SMILES string of the molecule is CS(C)(C)CCO.Nc1cc2c(c(F)n1)C1(CCOCC1)C[N-]2.[U]. The topological polar surface area (TPSA) is 82.5 Å². The molecule has 1 saturated heterocycles. The van der Waals surface area contributed by atoms with Gasteiger partial charge in [0.05, 0.1) is 6.61 Å². The van der Waals surface area contributed by atoms with Crippen LogP contribution in [0.25, 0.3) is 5.32 Å². The fourth-order valence-corrected chi connectivity index (χ4v) is 3.44. The zero-order valence-electron chi connectivity index (χ0n) is 14.6. The van der Waals surface area contributed by atoms with Gasteiger partial charge in [-0.3, -0.25) is 0 Å². The number of anilines is 1. The second kappa shape index (κ2) is 9.09. The minimum absolute atomic E-state index is 0. The van der Waals surface area contributed by atoms with Gasteiger partial charge in [0.15, 0.2) is 0 Å². The zero-order chi connectivity index (χ0) is 17.1. The average molecular weight is 583 g/mol. The van der Waals surface area contributed by atoms with Crippen LogP contribution >= 0.6 is 10.0 Å². The van der Waals surface area contributed by atoms with Crippen molar-refractivity contribution in [3.8, 4) is 0 Å². The minimum Gasteiger partial charge on any atom is -0.683 e.